The van der Waals surface area contributed by atoms with E-state index in [9.17, 15) is 0 Å². The van der Waals surface area contributed by atoms with Gasteiger partial charge in [0.25, 0.3) is 0 Å². The van der Waals surface area contributed by atoms with E-state index in [1.165, 1.54) is 31.0 Å². The average molecular weight is 248 g/mol. The molecule has 0 aliphatic carbocycles. The van der Waals surface area contributed by atoms with Gasteiger partial charge in [-0.2, -0.15) is 0 Å². The fourth-order valence-electron chi connectivity index (χ4n) is 1.42. The molecule has 0 aliphatic rings. The van der Waals surface area contributed by atoms with Crippen molar-refractivity contribution in [3.8, 4) is 0 Å². The lowest BCUT2D eigenvalue weighted by atomic mass is 9.98. The first-order chi connectivity index (χ1) is 7.06. The summed E-state index contributed by atoms with van der Waals surface area (Å²) in [5.74, 6) is 1.59. The van der Waals surface area contributed by atoms with Crippen LogP contribution < -0.4 is 0 Å². The fourth-order valence-corrected chi connectivity index (χ4v) is 1.71. The van der Waals surface area contributed by atoms with Crippen molar-refractivity contribution in [1.82, 2.24) is 0 Å². The van der Waals surface area contributed by atoms with Gasteiger partial charge in [0, 0.05) is 0 Å². The van der Waals surface area contributed by atoms with Gasteiger partial charge in [-0.25, -0.2) is 0 Å². The van der Waals surface area contributed by atoms with Gasteiger partial charge < -0.3 is 4.74 Å². The topological polar surface area (TPSA) is 9.23 Å². The molecule has 0 saturated heterocycles. The summed E-state index contributed by atoms with van der Waals surface area (Å²) < 4.78 is 6.05. The average Bonchev–Trinajstić information content (AvgIpc) is 2.17. The van der Waals surface area contributed by atoms with Crippen molar-refractivity contribution < 1.29 is 4.74 Å². The minimum atomic E-state index is 0.671. The van der Waals surface area contributed by atoms with Crippen molar-refractivity contribution in [2.24, 2.45) is 11.8 Å². The smallest absolute Gasteiger partial charge is 0.219 e. The van der Waals surface area contributed by atoms with Gasteiger partial charge in [0.2, 0.25) is 4.38 Å². The van der Waals surface area contributed by atoms with Gasteiger partial charge in [-0.3, -0.25) is 0 Å². The molecule has 0 rings (SSSR count). The molecule has 0 fully saturated rings. The molecule has 90 valence electrons. The zero-order chi connectivity index (χ0) is 11.7. The van der Waals surface area contributed by atoms with Crippen molar-refractivity contribution in [3.05, 3.63) is 0 Å². The predicted octanol–water partition coefficient (Wildman–Crippen LogP) is 4.50. The van der Waals surface area contributed by atoms with E-state index >= 15 is 0 Å². The third-order valence-corrected chi connectivity index (χ3v) is 3.54. The van der Waals surface area contributed by atoms with Crippen LogP contribution in [0.5, 0.6) is 0 Å². The summed E-state index contributed by atoms with van der Waals surface area (Å²) in [6.07, 6.45) is 7.07. The van der Waals surface area contributed by atoms with Gasteiger partial charge in [0.05, 0.1) is 6.61 Å². The Labute approximate surface area is 104 Å². The fraction of sp³-hybridized carbons (Fsp3) is 0.917. The van der Waals surface area contributed by atoms with Crippen molar-refractivity contribution in [3.63, 3.8) is 0 Å². The Morgan fingerprint density at radius 2 is 1.87 bits per heavy atom. The van der Waals surface area contributed by atoms with E-state index in [1.54, 1.807) is 0 Å². The van der Waals surface area contributed by atoms with E-state index in [1.807, 2.05) is 6.26 Å². The maximum absolute atomic E-state index is 5.38. The maximum atomic E-state index is 5.38. The van der Waals surface area contributed by atoms with E-state index in [0.29, 0.717) is 4.38 Å². The van der Waals surface area contributed by atoms with Crippen molar-refractivity contribution in [2.75, 3.05) is 12.9 Å². The molecule has 0 aromatic rings. The molecule has 1 nitrogen and oxygen atoms in total. The number of thiocarbonyl (C=S) groups is 1. The molecule has 0 saturated carbocycles. The number of rotatable bonds is 7. The molecule has 0 aliphatic heterocycles. The summed E-state index contributed by atoms with van der Waals surface area (Å²) in [7, 11) is 0. The summed E-state index contributed by atoms with van der Waals surface area (Å²) in [6, 6.07) is 0. The molecule has 0 bridgehead atoms. The quantitative estimate of drug-likeness (QED) is 0.614. The lowest BCUT2D eigenvalue weighted by Crippen LogP contribution is -2.04. The van der Waals surface area contributed by atoms with E-state index in [-0.39, 0.29) is 0 Å². The normalized spacial score (nSPS) is 12.9. The first kappa shape index (κ1) is 15.2. The van der Waals surface area contributed by atoms with Crippen molar-refractivity contribution in [1.29, 1.82) is 0 Å². The van der Waals surface area contributed by atoms with Gasteiger partial charge in [0.1, 0.15) is 0 Å². The first-order valence-electron chi connectivity index (χ1n) is 5.77. The highest BCUT2D eigenvalue weighted by Gasteiger charge is 2.04. The molecule has 3 heteroatoms. The van der Waals surface area contributed by atoms with Gasteiger partial charge in [-0.05, 0) is 36.7 Å². The SMILES string of the molecule is CSC(=S)OCCC(C)CCCC(C)C. The molecular weight excluding hydrogens is 224 g/mol. The Hall–Kier alpha value is 0.240. The standard InChI is InChI=1S/C12H24OS2/c1-10(2)6-5-7-11(3)8-9-13-12(14)15-4/h10-11H,5-9H2,1-4H3. The molecule has 0 heterocycles. The summed E-state index contributed by atoms with van der Waals surface area (Å²) in [4.78, 5) is 0. The number of hydrogen-bond acceptors (Lipinski definition) is 3. The molecule has 0 aromatic carbocycles. The van der Waals surface area contributed by atoms with Gasteiger partial charge >= 0.3 is 0 Å². The second-order valence-electron chi connectivity index (χ2n) is 4.52. The zero-order valence-electron chi connectivity index (χ0n) is 10.4. The lowest BCUT2D eigenvalue weighted by molar-refractivity contribution is 0.277. The second-order valence-corrected chi connectivity index (χ2v) is 5.93. The highest BCUT2D eigenvalue weighted by Crippen LogP contribution is 2.15. The summed E-state index contributed by atoms with van der Waals surface area (Å²) >= 11 is 6.48. The highest BCUT2D eigenvalue weighted by atomic mass is 32.2. The minimum absolute atomic E-state index is 0.671. The number of hydrogen-bond donors (Lipinski definition) is 0. The van der Waals surface area contributed by atoms with E-state index in [4.69, 9.17) is 17.0 Å². The van der Waals surface area contributed by atoms with Crippen LogP contribution in [0, 0.1) is 11.8 Å². The van der Waals surface area contributed by atoms with Crippen LogP contribution in [0.1, 0.15) is 46.5 Å². The lowest BCUT2D eigenvalue weighted by Gasteiger charge is -2.12. The zero-order valence-corrected chi connectivity index (χ0v) is 12.0. The highest BCUT2D eigenvalue weighted by molar-refractivity contribution is 8.22. The van der Waals surface area contributed by atoms with Gasteiger partial charge in [-0.15, -0.1) is 0 Å². The van der Waals surface area contributed by atoms with Crippen LogP contribution >= 0.6 is 24.0 Å². The van der Waals surface area contributed by atoms with Crippen LogP contribution in [-0.2, 0) is 4.74 Å². The van der Waals surface area contributed by atoms with Crippen LogP contribution in [0.2, 0.25) is 0 Å². The van der Waals surface area contributed by atoms with E-state index < -0.39 is 0 Å². The Balaban J connectivity index is 3.33. The van der Waals surface area contributed by atoms with Crippen molar-refractivity contribution >= 4 is 28.4 Å². The first-order valence-corrected chi connectivity index (χ1v) is 7.40. The van der Waals surface area contributed by atoms with Crippen LogP contribution in [0.3, 0.4) is 0 Å². The van der Waals surface area contributed by atoms with Crippen molar-refractivity contribution in [2.45, 2.75) is 46.5 Å². The van der Waals surface area contributed by atoms with E-state index in [2.05, 4.69) is 20.8 Å². The third-order valence-electron chi connectivity index (χ3n) is 2.48. The van der Waals surface area contributed by atoms with E-state index in [0.717, 1.165) is 24.9 Å². The van der Waals surface area contributed by atoms with Crippen LogP contribution in [0.4, 0.5) is 0 Å². The van der Waals surface area contributed by atoms with Gasteiger partial charge in [0.15, 0.2) is 0 Å². The molecule has 0 N–H and O–H groups in total. The molecule has 0 spiro atoms. The molecule has 0 radical (unpaired) electrons. The molecule has 1 unspecified atom stereocenters. The Kier molecular flexibility index (Phi) is 9.62. The molecule has 15 heavy (non-hydrogen) atoms. The predicted molar refractivity (Wildman–Crippen MR) is 74.5 cm³/mol. The molecule has 0 aromatic heterocycles. The monoisotopic (exact) mass is 248 g/mol. The second kappa shape index (κ2) is 9.46. The Morgan fingerprint density at radius 1 is 1.20 bits per heavy atom. The summed E-state index contributed by atoms with van der Waals surface area (Å²) in [6.45, 7) is 7.64. The largest absolute Gasteiger partial charge is 0.479 e. The molecule has 1 atom stereocenters. The van der Waals surface area contributed by atoms with Crippen LogP contribution in [0.25, 0.3) is 0 Å². The summed E-state index contributed by atoms with van der Waals surface area (Å²) in [5, 5.41) is 0. The maximum Gasteiger partial charge on any atom is 0.219 e. The Morgan fingerprint density at radius 3 is 2.40 bits per heavy atom. The molecule has 0 amide bonds. The number of ether oxygens (including phenoxy) is 1. The molecular formula is C12H24OS2. The van der Waals surface area contributed by atoms with Crippen LogP contribution in [-0.4, -0.2) is 17.2 Å². The minimum Gasteiger partial charge on any atom is -0.479 e. The Bertz CT molecular complexity index is 169. The van der Waals surface area contributed by atoms with Gasteiger partial charge in [-0.1, -0.05) is 51.8 Å². The van der Waals surface area contributed by atoms with Crippen LogP contribution in [0.15, 0.2) is 0 Å². The third kappa shape index (κ3) is 10.5. The number of thioether (sulfide) groups is 1. The summed E-state index contributed by atoms with van der Waals surface area (Å²) in [5.41, 5.74) is 0.